The highest BCUT2D eigenvalue weighted by Gasteiger charge is 2.32. The lowest BCUT2D eigenvalue weighted by Gasteiger charge is -2.33. The van der Waals surface area contributed by atoms with Crippen molar-refractivity contribution in [3.8, 4) is 0 Å². The number of amides is 1. The van der Waals surface area contributed by atoms with Gasteiger partial charge in [-0.1, -0.05) is 25.5 Å². The molecule has 158 valence electrons. The van der Waals surface area contributed by atoms with Crippen LogP contribution in [-0.4, -0.2) is 62.8 Å². The van der Waals surface area contributed by atoms with Gasteiger partial charge in [-0.05, 0) is 56.8 Å². The predicted octanol–water partition coefficient (Wildman–Crippen LogP) is 2.74. The van der Waals surface area contributed by atoms with Gasteiger partial charge in [0.25, 0.3) is 5.91 Å². The van der Waals surface area contributed by atoms with Gasteiger partial charge in [0.05, 0.1) is 10.5 Å². The predicted molar refractivity (Wildman–Crippen MR) is 113 cm³/mol. The van der Waals surface area contributed by atoms with Gasteiger partial charge in [0.1, 0.15) is 0 Å². The van der Waals surface area contributed by atoms with E-state index in [-0.39, 0.29) is 23.2 Å². The average Bonchev–Trinajstić information content (AvgIpc) is 2.72. The molecular formula is C20H32ClN3O3S. The zero-order valence-corrected chi connectivity index (χ0v) is 18.2. The van der Waals surface area contributed by atoms with E-state index in [4.69, 9.17) is 0 Å². The number of piperidine rings is 2. The second-order valence-electron chi connectivity index (χ2n) is 7.50. The van der Waals surface area contributed by atoms with Crippen LogP contribution in [0.1, 0.15) is 49.4 Å². The van der Waals surface area contributed by atoms with Gasteiger partial charge in [-0.25, -0.2) is 8.42 Å². The van der Waals surface area contributed by atoms with Gasteiger partial charge in [-0.2, -0.15) is 4.31 Å². The summed E-state index contributed by atoms with van der Waals surface area (Å²) in [7, 11) is -3.62. The highest BCUT2D eigenvalue weighted by molar-refractivity contribution is 7.89. The van der Waals surface area contributed by atoms with Crippen LogP contribution in [0.25, 0.3) is 0 Å². The molecule has 0 aliphatic carbocycles. The maximum absolute atomic E-state index is 13.1. The van der Waals surface area contributed by atoms with Crippen LogP contribution in [0, 0.1) is 5.92 Å². The van der Waals surface area contributed by atoms with E-state index in [1.165, 1.54) is 4.31 Å². The Balaban J connectivity index is 0.00000280. The van der Waals surface area contributed by atoms with Gasteiger partial charge in [0, 0.05) is 26.2 Å². The van der Waals surface area contributed by atoms with Crippen LogP contribution >= 0.6 is 12.4 Å². The van der Waals surface area contributed by atoms with Gasteiger partial charge in [0.15, 0.2) is 0 Å². The summed E-state index contributed by atoms with van der Waals surface area (Å²) in [5.74, 6) is 0.425. The van der Waals surface area contributed by atoms with Gasteiger partial charge < -0.3 is 10.2 Å². The third-order valence-electron chi connectivity index (χ3n) is 5.64. The van der Waals surface area contributed by atoms with Crippen molar-refractivity contribution in [2.75, 3.05) is 39.3 Å². The molecule has 0 saturated carbocycles. The first-order chi connectivity index (χ1) is 13.0. The summed E-state index contributed by atoms with van der Waals surface area (Å²) in [5.41, 5.74) is 0.313. The van der Waals surface area contributed by atoms with Crippen molar-refractivity contribution in [3.63, 3.8) is 0 Å². The van der Waals surface area contributed by atoms with E-state index in [1.807, 2.05) is 4.90 Å². The number of hydrogen-bond donors (Lipinski definition) is 1. The highest BCUT2D eigenvalue weighted by atomic mass is 35.5. The molecule has 0 unspecified atom stereocenters. The summed E-state index contributed by atoms with van der Waals surface area (Å²) in [6.07, 6.45) is 4.75. The summed E-state index contributed by atoms with van der Waals surface area (Å²) in [4.78, 5) is 15.1. The molecule has 0 aromatic heterocycles. The molecule has 1 aromatic carbocycles. The molecule has 2 fully saturated rings. The number of halogens is 1. The van der Waals surface area contributed by atoms with E-state index >= 15 is 0 Å². The van der Waals surface area contributed by atoms with Crippen molar-refractivity contribution in [2.24, 2.45) is 5.92 Å². The minimum Gasteiger partial charge on any atom is -0.339 e. The number of hydrogen-bond acceptors (Lipinski definition) is 4. The number of carbonyl (C=O) groups is 1. The zero-order valence-electron chi connectivity index (χ0n) is 16.6. The van der Waals surface area contributed by atoms with E-state index in [1.54, 1.807) is 24.3 Å². The van der Waals surface area contributed by atoms with E-state index in [2.05, 4.69) is 12.2 Å². The fourth-order valence-corrected chi connectivity index (χ4v) is 5.67. The first-order valence-corrected chi connectivity index (χ1v) is 11.6. The first-order valence-electron chi connectivity index (χ1n) is 10.1. The number of nitrogens with one attached hydrogen (secondary N) is 1. The monoisotopic (exact) mass is 429 g/mol. The summed E-state index contributed by atoms with van der Waals surface area (Å²) in [6.45, 7) is 6.50. The molecule has 1 N–H and O–H groups in total. The lowest BCUT2D eigenvalue weighted by atomic mass is 9.96. The average molecular weight is 430 g/mol. The van der Waals surface area contributed by atoms with E-state index in [0.717, 1.165) is 45.2 Å². The Morgan fingerprint density at radius 2 is 1.71 bits per heavy atom. The van der Waals surface area contributed by atoms with Crippen LogP contribution in [0.4, 0.5) is 0 Å². The molecule has 2 saturated heterocycles. The lowest BCUT2D eigenvalue weighted by Crippen LogP contribution is -2.42. The second-order valence-corrected chi connectivity index (χ2v) is 9.41. The fourth-order valence-electron chi connectivity index (χ4n) is 3.97. The summed E-state index contributed by atoms with van der Waals surface area (Å²) in [5, 5.41) is 3.37. The standard InChI is InChI=1S/C20H31N3O3S.ClH/c1-2-21-16-17-10-14-22(15-11-17)20(24)18-8-4-5-9-19(18)27(25,26)23-12-6-3-7-13-23;/h4-5,8-9,17,21H,2-3,6-7,10-16H2,1H3;1H. The maximum atomic E-state index is 13.1. The molecule has 28 heavy (non-hydrogen) atoms. The minimum absolute atomic E-state index is 0. The quantitative estimate of drug-likeness (QED) is 0.754. The topological polar surface area (TPSA) is 69.7 Å². The summed E-state index contributed by atoms with van der Waals surface area (Å²) >= 11 is 0. The number of rotatable bonds is 6. The summed E-state index contributed by atoms with van der Waals surface area (Å²) < 4.78 is 27.8. The van der Waals surface area contributed by atoms with E-state index in [9.17, 15) is 13.2 Å². The van der Waals surface area contributed by atoms with Crippen LogP contribution in [-0.2, 0) is 10.0 Å². The van der Waals surface area contributed by atoms with Crippen LogP contribution in [0.3, 0.4) is 0 Å². The normalized spacial score (nSPS) is 19.2. The molecule has 3 rings (SSSR count). The van der Waals surface area contributed by atoms with Crippen LogP contribution < -0.4 is 5.32 Å². The van der Waals surface area contributed by atoms with Gasteiger partial charge >= 0.3 is 0 Å². The minimum atomic E-state index is -3.62. The Bertz CT molecular complexity index is 743. The molecule has 0 spiro atoms. The third kappa shape index (κ3) is 5.26. The molecular weight excluding hydrogens is 398 g/mol. The maximum Gasteiger partial charge on any atom is 0.255 e. The van der Waals surface area contributed by atoms with E-state index in [0.29, 0.717) is 37.7 Å². The van der Waals surface area contributed by atoms with Crippen LogP contribution in [0.15, 0.2) is 29.2 Å². The number of sulfonamides is 1. The second kappa shape index (κ2) is 10.6. The number of nitrogens with zero attached hydrogens (tertiary/aromatic N) is 2. The molecule has 2 aliphatic heterocycles. The Morgan fingerprint density at radius 1 is 1.07 bits per heavy atom. The molecule has 0 bridgehead atoms. The Morgan fingerprint density at radius 3 is 2.36 bits per heavy atom. The molecule has 1 amide bonds. The summed E-state index contributed by atoms with van der Waals surface area (Å²) in [6, 6.07) is 6.69. The van der Waals surface area contributed by atoms with Crippen molar-refractivity contribution in [2.45, 2.75) is 43.9 Å². The smallest absolute Gasteiger partial charge is 0.255 e. The highest BCUT2D eigenvalue weighted by Crippen LogP contribution is 2.26. The lowest BCUT2D eigenvalue weighted by molar-refractivity contribution is 0.0686. The van der Waals surface area contributed by atoms with Crippen molar-refractivity contribution < 1.29 is 13.2 Å². The fraction of sp³-hybridized carbons (Fsp3) is 0.650. The first kappa shape index (κ1) is 23.1. The molecule has 1 aromatic rings. The van der Waals surface area contributed by atoms with Crippen molar-refractivity contribution in [1.29, 1.82) is 0 Å². The van der Waals surface area contributed by atoms with Crippen molar-refractivity contribution in [1.82, 2.24) is 14.5 Å². The molecule has 0 radical (unpaired) electrons. The molecule has 0 atom stereocenters. The largest absolute Gasteiger partial charge is 0.339 e. The SMILES string of the molecule is CCNCC1CCN(C(=O)c2ccccc2S(=O)(=O)N2CCCCC2)CC1.Cl. The van der Waals surface area contributed by atoms with Crippen molar-refractivity contribution >= 4 is 28.3 Å². The Kier molecular flexibility index (Phi) is 8.74. The molecule has 2 aliphatic rings. The van der Waals surface area contributed by atoms with Gasteiger partial charge in [0.2, 0.25) is 10.0 Å². The van der Waals surface area contributed by atoms with Gasteiger partial charge in [-0.3, -0.25) is 4.79 Å². The van der Waals surface area contributed by atoms with Crippen molar-refractivity contribution in [3.05, 3.63) is 29.8 Å². The van der Waals surface area contributed by atoms with E-state index < -0.39 is 10.0 Å². The number of carbonyl (C=O) groups excluding carboxylic acids is 1. The Hall–Kier alpha value is -1.15. The zero-order chi connectivity index (χ0) is 19.3. The number of likely N-dealkylation sites (tertiary alicyclic amines) is 1. The molecule has 6 nitrogen and oxygen atoms in total. The third-order valence-corrected chi connectivity index (χ3v) is 7.59. The van der Waals surface area contributed by atoms with Crippen LogP contribution in [0.5, 0.6) is 0 Å². The molecule has 8 heteroatoms. The van der Waals surface area contributed by atoms with Gasteiger partial charge in [-0.15, -0.1) is 12.4 Å². The molecule has 2 heterocycles. The Labute approximate surface area is 175 Å². The number of benzene rings is 1. The van der Waals surface area contributed by atoms with Crippen LogP contribution in [0.2, 0.25) is 0 Å².